The van der Waals surface area contributed by atoms with E-state index in [-0.39, 0.29) is 17.0 Å². The summed E-state index contributed by atoms with van der Waals surface area (Å²) in [6, 6.07) is 3.63. The normalized spacial score (nSPS) is 13.7. The molecule has 0 radical (unpaired) electrons. The zero-order valence-electron chi connectivity index (χ0n) is 10.8. The number of nitrogens with zero attached hydrogens (tertiary/aromatic N) is 1. The van der Waals surface area contributed by atoms with Gasteiger partial charge in [0, 0.05) is 22.2 Å². The number of nitrogens with one attached hydrogen (secondary N) is 1. The van der Waals surface area contributed by atoms with Crippen LogP contribution in [0.2, 0.25) is 0 Å². The highest BCUT2D eigenvalue weighted by molar-refractivity contribution is 8.93. The molecule has 1 aliphatic carbocycles. The van der Waals surface area contributed by atoms with E-state index < -0.39 is 11.6 Å². The van der Waals surface area contributed by atoms with Gasteiger partial charge in [0.1, 0.15) is 11.6 Å². The fraction of sp³-hybridized carbons (Fsp3) is 0.357. The summed E-state index contributed by atoms with van der Waals surface area (Å²) in [7, 11) is 0. The predicted molar refractivity (Wildman–Crippen MR) is 80.6 cm³/mol. The minimum atomic E-state index is -0.565. The maximum absolute atomic E-state index is 13.7. The van der Waals surface area contributed by atoms with Gasteiger partial charge in [-0.1, -0.05) is 6.07 Å². The maximum atomic E-state index is 13.7. The number of halogens is 3. The highest BCUT2D eigenvalue weighted by atomic mass is 79.9. The average molecular weight is 361 g/mol. The van der Waals surface area contributed by atoms with Crippen molar-refractivity contribution in [3.8, 4) is 0 Å². The molecule has 108 valence electrons. The van der Waals surface area contributed by atoms with Crippen molar-refractivity contribution in [3.63, 3.8) is 0 Å². The van der Waals surface area contributed by atoms with Crippen molar-refractivity contribution in [2.24, 2.45) is 0 Å². The first-order chi connectivity index (χ1) is 9.15. The van der Waals surface area contributed by atoms with Gasteiger partial charge in [0.2, 0.25) is 0 Å². The van der Waals surface area contributed by atoms with Crippen LogP contribution in [0.4, 0.5) is 8.78 Å². The Morgan fingerprint density at radius 2 is 1.95 bits per heavy atom. The van der Waals surface area contributed by atoms with E-state index in [2.05, 4.69) is 0 Å². The van der Waals surface area contributed by atoms with Crippen molar-refractivity contribution in [3.05, 3.63) is 50.8 Å². The molecule has 1 aromatic carbocycles. The van der Waals surface area contributed by atoms with Crippen molar-refractivity contribution in [1.29, 1.82) is 5.41 Å². The Bertz CT molecular complexity index is 678. The van der Waals surface area contributed by atoms with E-state index in [1.54, 1.807) is 0 Å². The number of hydrogen-bond acceptors (Lipinski definition) is 2. The molecule has 0 unspecified atom stereocenters. The van der Waals surface area contributed by atoms with Gasteiger partial charge in [0.05, 0.1) is 6.54 Å². The summed E-state index contributed by atoms with van der Waals surface area (Å²) in [5.41, 5.74) is 1.59. The molecule has 2 aromatic rings. The van der Waals surface area contributed by atoms with Gasteiger partial charge in [-0.3, -0.25) is 5.41 Å². The second-order valence-electron chi connectivity index (χ2n) is 4.81. The lowest BCUT2D eigenvalue weighted by Crippen LogP contribution is -2.19. The van der Waals surface area contributed by atoms with E-state index >= 15 is 0 Å². The molecule has 1 aliphatic rings. The predicted octanol–water partition coefficient (Wildman–Crippen LogP) is 3.81. The van der Waals surface area contributed by atoms with Gasteiger partial charge in [-0.25, -0.2) is 8.78 Å². The summed E-state index contributed by atoms with van der Waals surface area (Å²) >= 11 is 1.48. The summed E-state index contributed by atoms with van der Waals surface area (Å²) in [5.74, 6) is -1.10. The smallest absolute Gasteiger partial charge is 0.182 e. The van der Waals surface area contributed by atoms with Crippen molar-refractivity contribution >= 4 is 28.3 Å². The zero-order chi connectivity index (χ0) is 13.4. The number of aryl methyl sites for hydroxylation is 1. The Hall–Kier alpha value is -1.01. The lowest BCUT2D eigenvalue weighted by Gasteiger charge is -2.14. The van der Waals surface area contributed by atoms with Crippen molar-refractivity contribution < 1.29 is 8.78 Å². The highest BCUT2D eigenvalue weighted by Gasteiger charge is 2.17. The summed E-state index contributed by atoms with van der Waals surface area (Å²) in [4.78, 5) is 1.70. The lowest BCUT2D eigenvalue weighted by atomic mass is 10.0. The molecular weight excluding hydrogens is 346 g/mol. The second kappa shape index (κ2) is 6.18. The largest absolute Gasteiger partial charge is 0.316 e. The standard InChI is InChI=1S/C14H14F2N2S.BrH/c15-10-6-5-9(11(16)7-10)8-18-12-3-1-2-4-13(12)19-14(18)17;/h5-7,17H,1-4,8H2;1H. The van der Waals surface area contributed by atoms with Crippen LogP contribution < -0.4 is 4.80 Å². The fourth-order valence-electron chi connectivity index (χ4n) is 2.54. The first-order valence-electron chi connectivity index (χ1n) is 6.35. The fourth-order valence-corrected chi connectivity index (χ4v) is 3.63. The molecule has 2 nitrogen and oxygen atoms in total. The molecule has 0 bridgehead atoms. The Kier molecular flexibility index (Phi) is 4.75. The molecule has 3 rings (SSSR count). The van der Waals surface area contributed by atoms with E-state index in [1.807, 2.05) is 4.57 Å². The summed E-state index contributed by atoms with van der Waals surface area (Å²) in [6.07, 6.45) is 4.26. The van der Waals surface area contributed by atoms with E-state index in [0.29, 0.717) is 16.9 Å². The van der Waals surface area contributed by atoms with Gasteiger partial charge in [0.15, 0.2) is 4.80 Å². The minimum absolute atomic E-state index is 0. The number of fused-ring (bicyclic) bond motifs is 1. The SMILES string of the molecule is Br.N=c1sc2c(n1Cc1ccc(F)cc1F)CCCC2. The monoisotopic (exact) mass is 360 g/mol. The first kappa shape index (κ1) is 15.4. The minimum Gasteiger partial charge on any atom is -0.316 e. The summed E-state index contributed by atoms with van der Waals surface area (Å²) < 4.78 is 28.4. The molecule has 0 saturated carbocycles. The molecule has 0 atom stereocenters. The molecule has 0 aliphatic heterocycles. The van der Waals surface area contributed by atoms with Crippen LogP contribution in [0.25, 0.3) is 0 Å². The molecule has 1 heterocycles. The van der Waals surface area contributed by atoms with E-state index in [0.717, 1.165) is 37.4 Å². The number of aromatic nitrogens is 1. The Morgan fingerprint density at radius 3 is 2.70 bits per heavy atom. The van der Waals surface area contributed by atoms with Gasteiger partial charge in [0.25, 0.3) is 0 Å². The summed E-state index contributed by atoms with van der Waals surface area (Å²) in [5, 5.41) is 8.01. The Labute approximate surface area is 130 Å². The van der Waals surface area contributed by atoms with E-state index in [1.165, 1.54) is 28.3 Å². The topological polar surface area (TPSA) is 28.8 Å². The molecular formula is C14H15BrF2N2S. The molecule has 20 heavy (non-hydrogen) atoms. The van der Waals surface area contributed by atoms with Gasteiger partial charge in [-0.15, -0.1) is 28.3 Å². The quantitative estimate of drug-likeness (QED) is 0.843. The Morgan fingerprint density at radius 1 is 1.20 bits per heavy atom. The van der Waals surface area contributed by atoms with Crippen molar-refractivity contribution in [1.82, 2.24) is 4.57 Å². The molecule has 1 aromatic heterocycles. The molecule has 6 heteroatoms. The van der Waals surface area contributed by atoms with Gasteiger partial charge < -0.3 is 4.57 Å². The van der Waals surface area contributed by atoms with Crippen molar-refractivity contribution in [2.75, 3.05) is 0 Å². The third-order valence-corrected chi connectivity index (χ3v) is 4.62. The second-order valence-corrected chi connectivity index (χ2v) is 5.89. The van der Waals surface area contributed by atoms with Crippen LogP contribution in [-0.4, -0.2) is 4.57 Å². The van der Waals surface area contributed by atoms with Gasteiger partial charge in [-0.2, -0.15) is 0 Å². The molecule has 0 saturated heterocycles. The Balaban J connectivity index is 0.00000147. The number of thiazole rings is 1. The number of hydrogen-bond donors (Lipinski definition) is 1. The van der Waals surface area contributed by atoms with Gasteiger partial charge in [-0.05, 0) is 31.7 Å². The third-order valence-electron chi connectivity index (χ3n) is 3.52. The lowest BCUT2D eigenvalue weighted by molar-refractivity contribution is 0.556. The van der Waals surface area contributed by atoms with E-state index in [9.17, 15) is 8.78 Å². The van der Waals surface area contributed by atoms with Crippen LogP contribution in [0.5, 0.6) is 0 Å². The average Bonchev–Trinajstić information content (AvgIpc) is 2.69. The van der Waals surface area contributed by atoms with Crippen LogP contribution in [-0.2, 0) is 19.4 Å². The van der Waals surface area contributed by atoms with E-state index in [4.69, 9.17) is 5.41 Å². The highest BCUT2D eigenvalue weighted by Crippen LogP contribution is 2.24. The molecule has 0 fully saturated rings. The van der Waals surface area contributed by atoms with Crippen molar-refractivity contribution in [2.45, 2.75) is 32.2 Å². The molecule has 0 spiro atoms. The number of rotatable bonds is 2. The van der Waals surface area contributed by atoms with Crippen LogP contribution in [0.15, 0.2) is 18.2 Å². The molecule has 1 N–H and O–H groups in total. The van der Waals surface area contributed by atoms with Crippen LogP contribution in [0, 0.1) is 17.0 Å². The number of benzene rings is 1. The summed E-state index contributed by atoms with van der Waals surface area (Å²) in [6.45, 7) is 0.316. The van der Waals surface area contributed by atoms with Gasteiger partial charge >= 0.3 is 0 Å². The third kappa shape index (κ3) is 2.86. The molecule has 0 amide bonds. The maximum Gasteiger partial charge on any atom is 0.182 e. The zero-order valence-corrected chi connectivity index (χ0v) is 13.3. The van der Waals surface area contributed by atoms with Crippen LogP contribution >= 0.6 is 28.3 Å². The first-order valence-corrected chi connectivity index (χ1v) is 7.16. The van der Waals surface area contributed by atoms with Crippen LogP contribution in [0.3, 0.4) is 0 Å². The van der Waals surface area contributed by atoms with Crippen LogP contribution in [0.1, 0.15) is 29.0 Å².